The van der Waals surface area contributed by atoms with Gasteiger partial charge in [-0.3, -0.25) is 14.5 Å². The van der Waals surface area contributed by atoms with Gasteiger partial charge in [0.25, 0.3) is 0 Å². The van der Waals surface area contributed by atoms with Crippen LogP contribution in [0.15, 0.2) is 0 Å². The maximum Gasteiger partial charge on any atom is 0.236 e. The Morgan fingerprint density at radius 2 is 1.78 bits per heavy atom. The number of hydrogen-bond acceptors (Lipinski definition) is 3. The first-order valence-electron chi connectivity index (χ1n) is 9.17. The SMILES string of the molecule is CCCCN(CC)CC(=O)N1CCC(C(=O)N(C)C(C)C)CC1. The maximum atomic E-state index is 12.4. The minimum atomic E-state index is 0.0776. The monoisotopic (exact) mass is 325 g/mol. The molecule has 0 aromatic carbocycles. The molecule has 1 rings (SSSR count). The van der Waals surface area contributed by atoms with E-state index in [0.29, 0.717) is 19.6 Å². The molecule has 0 aliphatic carbocycles. The lowest BCUT2D eigenvalue weighted by Crippen LogP contribution is -2.47. The van der Waals surface area contributed by atoms with Gasteiger partial charge in [-0.1, -0.05) is 20.3 Å². The van der Waals surface area contributed by atoms with Gasteiger partial charge < -0.3 is 9.80 Å². The summed E-state index contributed by atoms with van der Waals surface area (Å²) in [5, 5.41) is 0. The Bertz CT molecular complexity index is 376. The van der Waals surface area contributed by atoms with E-state index in [4.69, 9.17) is 0 Å². The number of nitrogens with zero attached hydrogens (tertiary/aromatic N) is 3. The molecule has 0 bridgehead atoms. The third-order valence-corrected chi connectivity index (χ3v) is 4.95. The van der Waals surface area contributed by atoms with Crippen molar-refractivity contribution in [2.75, 3.05) is 39.8 Å². The second kappa shape index (κ2) is 9.91. The zero-order valence-electron chi connectivity index (χ0n) is 15.7. The number of likely N-dealkylation sites (N-methyl/N-ethyl adjacent to an activating group) is 1. The summed E-state index contributed by atoms with van der Waals surface area (Å²) in [6.45, 7) is 12.2. The van der Waals surface area contributed by atoms with Crippen LogP contribution in [-0.4, -0.2) is 72.3 Å². The first kappa shape index (κ1) is 19.9. The molecule has 0 aromatic heterocycles. The predicted octanol–water partition coefficient (Wildman–Crippen LogP) is 2.21. The molecule has 0 atom stereocenters. The Morgan fingerprint density at radius 1 is 1.17 bits per heavy atom. The van der Waals surface area contributed by atoms with E-state index in [0.717, 1.165) is 38.8 Å². The van der Waals surface area contributed by atoms with Crippen LogP contribution in [0.25, 0.3) is 0 Å². The Labute approximate surface area is 142 Å². The van der Waals surface area contributed by atoms with Crippen LogP contribution >= 0.6 is 0 Å². The van der Waals surface area contributed by atoms with Gasteiger partial charge in [-0.15, -0.1) is 0 Å². The minimum absolute atomic E-state index is 0.0776. The lowest BCUT2D eigenvalue weighted by atomic mass is 9.95. The van der Waals surface area contributed by atoms with Crippen molar-refractivity contribution >= 4 is 11.8 Å². The number of carbonyl (C=O) groups is 2. The number of carbonyl (C=O) groups excluding carboxylic acids is 2. The summed E-state index contributed by atoms with van der Waals surface area (Å²) < 4.78 is 0. The van der Waals surface area contributed by atoms with Gasteiger partial charge in [0.2, 0.25) is 11.8 Å². The molecule has 0 unspecified atom stereocenters. The van der Waals surface area contributed by atoms with E-state index in [1.807, 2.05) is 30.7 Å². The lowest BCUT2D eigenvalue weighted by molar-refractivity contribution is -0.141. The van der Waals surface area contributed by atoms with Crippen LogP contribution < -0.4 is 0 Å². The molecule has 1 aliphatic rings. The van der Waals surface area contributed by atoms with Crippen molar-refractivity contribution in [2.24, 2.45) is 5.92 Å². The Hall–Kier alpha value is -1.10. The standard InChI is InChI=1S/C18H35N3O2/c1-6-8-11-20(7-2)14-17(22)21-12-9-16(10-13-21)18(23)19(5)15(3)4/h15-16H,6-14H2,1-5H3. The largest absolute Gasteiger partial charge is 0.343 e. The normalized spacial score (nSPS) is 16.2. The van der Waals surface area contributed by atoms with Crippen molar-refractivity contribution < 1.29 is 9.59 Å². The van der Waals surface area contributed by atoms with Gasteiger partial charge in [0.05, 0.1) is 6.54 Å². The van der Waals surface area contributed by atoms with E-state index in [1.54, 1.807) is 0 Å². The summed E-state index contributed by atoms with van der Waals surface area (Å²) >= 11 is 0. The number of amides is 2. The van der Waals surface area contributed by atoms with Crippen LogP contribution in [0.3, 0.4) is 0 Å². The third kappa shape index (κ3) is 6.13. The topological polar surface area (TPSA) is 43.9 Å². The molecule has 23 heavy (non-hydrogen) atoms. The van der Waals surface area contributed by atoms with Gasteiger partial charge >= 0.3 is 0 Å². The third-order valence-electron chi connectivity index (χ3n) is 4.95. The number of unbranched alkanes of at least 4 members (excludes halogenated alkanes) is 1. The van der Waals surface area contributed by atoms with Crippen LogP contribution in [0, 0.1) is 5.92 Å². The molecule has 5 nitrogen and oxygen atoms in total. The number of hydrogen-bond donors (Lipinski definition) is 0. The van der Waals surface area contributed by atoms with Gasteiger partial charge in [-0.2, -0.15) is 0 Å². The Kier molecular flexibility index (Phi) is 8.59. The second-order valence-corrected chi connectivity index (χ2v) is 6.92. The van der Waals surface area contributed by atoms with Gasteiger partial charge in [-0.05, 0) is 46.2 Å². The number of rotatable bonds is 8. The molecule has 0 aromatic rings. The molecule has 1 saturated heterocycles. The highest BCUT2D eigenvalue weighted by Crippen LogP contribution is 2.20. The Balaban J connectivity index is 2.43. The van der Waals surface area contributed by atoms with Crippen molar-refractivity contribution in [3.63, 3.8) is 0 Å². The van der Waals surface area contributed by atoms with Crippen molar-refractivity contribution in [2.45, 2.75) is 59.4 Å². The van der Waals surface area contributed by atoms with E-state index >= 15 is 0 Å². The fourth-order valence-corrected chi connectivity index (χ4v) is 2.94. The average Bonchev–Trinajstić information content (AvgIpc) is 2.56. The first-order chi connectivity index (χ1) is 10.9. The Morgan fingerprint density at radius 3 is 2.26 bits per heavy atom. The molecule has 0 radical (unpaired) electrons. The van der Waals surface area contributed by atoms with Crippen LogP contribution in [0.2, 0.25) is 0 Å². The molecule has 0 spiro atoms. The molecule has 0 saturated carbocycles. The quantitative estimate of drug-likeness (QED) is 0.687. The first-order valence-corrected chi connectivity index (χ1v) is 9.17. The van der Waals surface area contributed by atoms with E-state index in [1.165, 1.54) is 0 Å². The highest BCUT2D eigenvalue weighted by atomic mass is 16.2. The summed E-state index contributed by atoms with van der Waals surface area (Å²) in [7, 11) is 1.87. The predicted molar refractivity (Wildman–Crippen MR) is 94.2 cm³/mol. The highest BCUT2D eigenvalue weighted by Gasteiger charge is 2.30. The van der Waals surface area contributed by atoms with E-state index < -0.39 is 0 Å². The molecule has 2 amide bonds. The maximum absolute atomic E-state index is 12.4. The van der Waals surface area contributed by atoms with Crippen molar-refractivity contribution in [3.05, 3.63) is 0 Å². The highest BCUT2D eigenvalue weighted by molar-refractivity contribution is 5.81. The molecule has 1 aliphatic heterocycles. The van der Waals surface area contributed by atoms with Crippen LogP contribution in [0.1, 0.15) is 53.4 Å². The smallest absolute Gasteiger partial charge is 0.236 e. The van der Waals surface area contributed by atoms with Gasteiger partial charge in [0, 0.05) is 32.1 Å². The van der Waals surface area contributed by atoms with Crippen molar-refractivity contribution in [1.82, 2.24) is 14.7 Å². The van der Waals surface area contributed by atoms with Crippen molar-refractivity contribution in [3.8, 4) is 0 Å². The molecule has 0 N–H and O–H groups in total. The van der Waals surface area contributed by atoms with Crippen LogP contribution in [-0.2, 0) is 9.59 Å². The van der Waals surface area contributed by atoms with E-state index in [2.05, 4.69) is 18.7 Å². The number of likely N-dealkylation sites (tertiary alicyclic amines) is 1. The van der Waals surface area contributed by atoms with Crippen LogP contribution in [0.4, 0.5) is 0 Å². The zero-order valence-corrected chi connectivity index (χ0v) is 15.7. The summed E-state index contributed by atoms with van der Waals surface area (Å²) in [5.74, 6) is 0.519. The molecular formula is C18H35N3O2. The summed E-state index contributed by atoms with van der Waals surface area (Å²) in [5.41, 5.74) is 0. The number of piperidine rings is 1. The average molecular weight is 325 g/mol. The molecule has 5 heteroatoms. The molecule has 134 valence electrons. The van der Waals surface area contributed by atoms with Gasteiger partial charge in [0.1, 0.15) is 0 Å². The van der Waals surface area contributed by atoms with E-state index in [9.17, 15) is 9.59 Å². The fraction of sp³-hybridized carbons (Fsp3) is 0.889. The lowest BCUT2D eigenvalue weighted by Gasteiger charge is -2.35. The van der Waals surface area contributed by atoms with Gasteiger partial charge in [-0.25, -0.2) is 0 Å². The van der Waals surface area contributed by atoms with Crippen LogP contribution in [0.5, 0.6) is 0 Å². The second-order valence-electron chi connectivity index (χ2n) is 6.92. The van der Waals surface area contributed by atoms with Crippen molar-refractivity contribution in [1.29, 1.82) is 0 Å². The minimum Gasteiger partial charge on any atom is -0.343 e. The fourth-order valence-electron chi connectivity index (χ4n) is 2.94. The summed E-state index contributed by atoms with van der Waals surface area (Å²) in [4.78, 5) is 30.8. The molecule has 1 heterocycles. The molecule has 1 fully saturated rings. The zero-order chi connectivity index (χ0) is 17.4. The molecular weight excluding hydrogens is 290 g/mol. The van der Waals surface area contributed by atoms with E-state index in [-0.39, 0.29) is 23.8 Å². The van der Waals surface area contributed by atoms with Gasteiger partial charge in [0.15, 0.2) is 0 Å². The summed E-state index contributed by atoms with van der Waals surface area (Å²) in [6.07, 6.45) is 3.88. The summed E-state index contributed by atoms with van der Waals surface area (Å²) in [6, 6.07) is 0.235.